The molecule has 116 valence electrons. The van der Waals surface area contributed by atoms with Crippen LogP contribution in [0.5, 0.6) is 0 Å². The van der Waals surface area contributed by atoms with Gasteiger partial charge in [-0.15, -0.1) is 23.7 Å². The van der Waals surface area contributed by atoms with Gasteiger partial charge in [-0.1, -0.05) is 13.8 Å². The van der Waals surface area contributed by atoms with Crippen LogP contribution in [-0.4, -0.2) is 23.4 Å². The number of rotatable bonds is 3. The van der Waals surface area contributed by atoms with Gasteiger partial charge < -0.3 is 5.32 Å². The van der Waals surface area contributed by atoms with E-state index in [2.05, 4.69) is 30.1 Å². The van der Waals surface area contributed by atoms with Gasteiger partial charge in [0.05, 0.1) is 5.56 Å². The van der Waals surface area contributed by atoms with E-state index in [1.165, 1.54) is 4.88 Å². The summed E-state index contributed by atoms with van der Waals surface area (Å²) >= 11 is 1.56. The smallest absolute Gasteiger partial charge is 0.227 e. The first-order chi connectivity index (χ1) is 9.43. The summed E-state index contributed by atoms with van der Waals surface area (Å²) in [6, 6.07) is 2.77. The first-order valence-corrected chi connectivity index (χ1v) is 7.85. The number of hydrogen-bond donors (Lipinski definition) is 1. The van der Waals surface area contributed by atoms with Gasteiger partial charge >= 0.3 is 0 Å². The van der Waals surface area contributed by atoms with Gasteiger partial charge in [0.1, 0.15) is 11.1 Å². The van der Waals surface area contributed by atoms with Gasteiger partial charge in [0.25, 0.3) is 0 Å². The van der Waals surface area contributed by atoms with Crippen molar-refractivity contribution >= 4 is 34.7 Å². The zero-order valence-electron chi connectivity index (χ0n) is 12.9. The minimum absolute atomic E-state index is 0. The van der Waals surface area contributed by atoms with Crippen molar-refractivity contribution in [3.8, 4) is 6.07 Å². The maximum Gasteiger partial charge on any atom is 0.227 e. The molecule has 6 heteroatoms. The van der Waals surface area contributed by atoms with Crippen LogP contribution in [0.2, 0.25) is 0 Å². The van der Waals surface area contributed by atoms with Crippen LogP contribution in [0.4, 0.5) is 5.00 Å². The van der Waals surface area contributed by atoms with Gasteiger partial charge in [0, 0.05) is 29.9 Å². The predicted molar refractivity (Wildman–Crippen MR) is 89.0 cm³/mol. The normalized spacial score (nSPS) is 14.5. The average Bonchev–Trinajstić information content (AvgIpc) is 2.74. The Morgan fingerprint density at radius 1 is 1.38 bits per heavy atom. The van der Waals surface area contributed by atoms with E-state index in [1.54, 1.807) is 11.3 Å². The fourth-order valence-corrected chi connectivity index (χ4v) is 3.55. The lowest BCUT2D eigenvalue weighted by atomic mass is 10.0. The summed E-state index contributed by atoms with van der Waals surface area (Å²) in [4.78, 5) is 15.5. The molecule has 0 spiro atoms. The molecule has 21 heavy (non-hydrogen) atoms. The molecule has 1 aromatic heterocycles. The molecule has 0 atom stereocenters. The number of thiophene rings is 1. The Balaban J connectivity index is 0.00000220. The minimum Gasteiger partial charge on any atom is -0.316 e. The second-order valence-corrected chi connectivity index (χ2v) is 6.88. The molecule has 0 aromatic carbocycles. The zero-order chi connectivity index (χ0) is 14.9. The van der Waals surface area contributed by atoms with Crippen molar-refractivity contribution in [2.75, 3.05) is 11.9 Å². The third-order valence-corrected chi connectivity index (χ3v) is 4.82. The number of nitriles is 1. The lowest BCUT2D eigenvalue weighted by Crippen LogP contribution is -2.35. The van der Waals surface area contributed by atoms with E-state index < -0.39 is 0 Å². The Morgan fingerprint density at radius 2 is 2.05 bits per heavy atom. The molecule has 0 aliphatic carbocycles. The van der Waals surface area contributed by atoms with E-state index in [0.717, 1.165) is 30.1 Å². The van der Waals surface area contributed by atoms with Crippen molar-refractivity contribution in [3.63, 3.8) is 0 Å². The number of nitrogens with zero attached hydrogens (tertiary/aromatic N) is 2. The van der Waals surface area contributed by atoms with E-state index in [4.69, 9.17) is 0 Å². The molecule has 1 aliphatic heterocycles. The maximum atomic E-state index is 11.8. The van der Waals surface area contributed by atoms with Gasteiger partial charge in [-0.3, -0.25) is 9.69 Å². The molecule has 2 rings (SSSR count). The second-order valence-electron chi connectivity index (χ2n) is 5.78. The molecular weight excluding hydrogens is 306 g/mol. The Bertz CT molecular complexity index is 560. The first-order valence-electron chi connectivity index (χ1n) is 7.03. The molecule has 4 nitrogen and oxygen atoms in total. The van der Waals surface area contributed by atoms with Gasteiger partial charge in [-0.2, -0.15) is 5.26 Å². The number of anilines is 1. The maximum absolute atomic E-state index is 11.8. The van der Waals surface area contributed by atoms with Crippen LogP contribution in [0.15, 0.2) is 0 Å². The highest BCUT2D eigenvalue weighted by Crippen LogP contribution is 2.37. The number of nitrogens with one attached hydrogen (secondary N) is 1. The quantitative estimate of drug-likeness (QED) is 0.925. The largest absolute Gasteiger partial charge is 0.316 e. The average molecular weight is 328 g/mol. The number of amides is 1. The lowest BCUT2D eigenvalue weighted by molar-refractivity contribution is -0.118. The standard InChI is InChI=1S/C15H21N3OS.ClH/c1-9(2)14(19)17-15-12(7-16)11-5-6-18(10(3)4)8-13(11)20-15;/h9-10H,5-6,8H2,1-4H3,(H,17,19);1H. The monoisotopic (exact) mass is 327 g/mol. The number of hydrogen-bond acceptors (Lipinski definition) is 4. The van der Waals surface area contributed by atoms with Gasteiger partial charge in [-0.05, 0) is 25.8 Å². The topological polar surface area (TPSA) is 56.1 Å². The van der Waals surface area contributed by atoms with Gasteiger partial charge in [0.15, 0.2) is 0 Å². The third kappa shape index (κ3) is 3.76. The highest BCUT2D eigenvalue weighted by Gasteiger charge is 2.26. The van der Waals surface area contributed by atoms with Crippen molar-refractivity contribution in [1.82, 2.24) is 4.90 Å². The van der Waals surface area contributed by atoms with Crippen LogP contribution in [-0.2, 0) is 17.8 Å². The summed E-state index contributed by atoms with van der Waals surface area (Å²) in [5.41, 5.74) is 1.80. The first kappa shape index (κ1) is 18.0. The summed E-state index contributed by atoms with van der Waals surface area (Å²) in [6.45, 7) is 9.94. The number of carbonyl (C=O) groups excluding carboxylic acids is 1. The van der Waals surface area contributed by atoms with Crippen LogP contribution in [0.25, 0.3) is 0 Å². The molecule has 1 aromatic rings. The van der Waals surface area contributed by atoms with E-state index in [9.17, 15) is 10.1 Å². The third-order valence-electron chi connectivity index (χ3n) is 3.69. The molecule has 1 aliphatic rings. The Hall–Kier alpha value is -1.09. The molecule has 0 fully saturated rings. The molecular formula is C15H22ClN3OS. The molecule has 2 heterocycles. The lowest BCUT2D eigenvalue weighted by Gasteiger charge is -2.30. The van der Waals surface area contributed by atoms with E-state index in [1.807, 2.05) is 13.8 Å². The molecule has 0 bridgehead atoms. The van der Waals surface area contributed by atoms with E-state index in [-0.39, 0.29) is 24.2 Å². The molecule has 0 saturated heterocycles. The molecule has 1 N–H and O–H groups in total. The molecule has 1 amide bonds. The van der Waals surface area contributed by atoms with E-state index >= 15 is 0 Å². The van der Waals surface area contributed by atoms with Crippen molar-refractivity contribution in [3.05, 3.63) is 16.0 Å². The van der Waals surface area contributed by atoms with Crippen LogP contribution in [0.3, 0.4) is 0 Å². The number of carbonyl (C=O) groups is 1. The predicted octanol–water partition coefficient (Wildman–Crippen LogP) is 3.40. The van der Waals surface area contributed by atoms with Crippen molar-refractivity contribution in [1.29, 1.82) is 5.26 Å². The SMILES string of the molecule is CC(C)C(=O)Nc1sc2c(c1C#N)CCN(C(C)C)C2.Cl. The highest BCUT2D eigenvalue weighted by atomic mass is 35.5. The second kappa shape index (κ2) is 7.26. The summed E-state index contributed by atoms with van der Waals surface area (Å²) in [5.74, 6) is -0.103. The van der Waals surface area contributed by atoms with Crippen molar-refractivity contribution in [2.24, 2.45) is 5.92 Å². The van der Waals surface area contributed by atoms with Gasteiger partial charge in [-0.25, -0.2) is 0 Å². The minimum atomic E-state index is -0.0761. The van der Waals surface area contributed by atoms with Crippen molar-refractivity contribution < 1.29 is 4.79 Å². The molecule has 0 unspecified atom stereocenters. The van der Waals surface area contributed by atoms with Crippen LogP contribution < -0.4 is 5.32 Å². The van der Waals surface area contributed by atoms with Crippen LogP contribution in [0, 0.1) is 17.2 Å². The summed E-state index contributed by atoms with van der Waals surface area (Å²) in [7, 11) is 0. The Kier molecular flexibility index (Phi) is 6.21. The Labute approximate surface area is 136 Å². The summed E-state index contributed by atoms with van der Waals surface area (Å²) in [5, 5.41) is 13.0. The summed E-state index contributed by atoms with van der Waals surface area (Å²) < 4.78 is 0. The zero-order valence-corrected chi connectivity index (χ0v) is 14.5. The van der Waals surface area contributed by atoms with Crippen LogP contribution in [0.1, 0.15) is 43.7 Å². The fourth-order valence-electron chi connectivity index (χ4n) is 2.33. The van der Waals surface area contributed by atoms with Crippen molar-refractivity contribution in [2.45, 2.75) is 46.7 Å². The van der Waals surface area contributed by atoms with E-state index in [0.29, 0.717) is 11.6 Å². The summed E-state index contributed by atoms with van der Waals surface area (Å²) in [6.07, 6.45) is 0.893. The number of halogens is 1. The molecule has 0 saturated carbocycles. The highest BCUT2D eigenvalue weighted by molar-refractivity contribution is 7.16. The van der Waals surface area contributed by atoms with Crippen LogP contribution >= 0.6 is 23.7 Å². The number of fused-ring (bicyclic) bond motifs is 1. The fraction of sp³-hybridized carbons (Fsp3) is 0.600. The molecule has 0 radical (unpaired) electrons. The Morgan fingerprint density at radius 3 is 2.57 bits per heavy atom. The van der Waals surface area contributed by atoms with Gasteiger partial charge in [0.2, 0.25) is 5.91 Å².